The minimum absolute atomic E-state index is 0.00264. The van der Waals surface area contributed by atoms with Crippen LogP contribution in [0.4, 0.5) is 0 Å². The van der Waals surface area contributed by atoms with Crippen LogP contribution < -0.4 is 10.6 Å². The first-order valence-electron chi connectivity index (χ1n) is 7.82. The van der Waals surface area contributed by atoms with E-state index in [1.54, 1.807) is 17.7 Å². The number of aromatic amines is 1. The smallest absolute Gasteiger partial charge is 0.243 e. The number of rotatable bonds is 4. The maximum Gasteiger partial charge on any atom is 0.243 e. The largest absolute Gasteiger partial charge is 0.354 e. The molecule has 0 saturated heterocycles. The molecule has 2 aromatic heterocycles. The fraction of sp³-hybridized carbons (Fsp3) is 0.533. The molecule has 1 unspecified atom stereocenters. The molecule has 2 aliphatic rings. The van der Waals surface area contributed by atoms with Gasteiger partial charge in [0.05, 0.1) is 22.7 Å². The van der Waals surface area contributed by atoms with E-state index in [0.29, 0.717) is 6.54 Å². The van der Waals surface area contributed by atoms with Crippen molar-refractivity contribution in [3.05, 3.63) is 33.3 Å². The van der Waals surface area contributed by atoms with Gasteiger partial charge in [-0.05, 0) is 19.3 Å². The van der Waals surface area contributed by atoms with E-state index < -0.39 is 0 Å². The number of carbonyl (C=O) groups excluding carboxylic acids is 1. The molecule has 4 rings (SSSR count). The Morgan fingerprint density at radius 1 is 1.41 bits per heavy atom. The first-order chi connectivity index (χ1) is 10.8. The van der Waals surface area contributed by atoms with Gasteiger partial charge < -0.3 is 15.6 Å². The van der Waals surface area contributed by atoms with Crippen LogP contribution in [0, 0.1) is 0 Å². The van der Waals surface area contributed by atoms with Crippen molar-refractivity contribution in [1.82, 2.24) is 25.6 Å². The number of nitrogens with one attached hydrogen (secondary N) is 3. The molecule has 3 heterocycles. The maximum atomic E-state index is 12.3. The number of imidazole rings is 1. The van der Waals surface area contributed by atoms with Crippen LogP contribution in [0.2, 0.25) is 0 Å². The van der Waals surface area contributed by atoms with Crippen LogP contribution in [0.5, 0.6) is 0 Å². The summed E-state index contributed by atoms with van der Waals surface area (Å²) in [6.45, 7) is 1.43. The summed E-state index contributed by atoms with van der Waals surface area (Å²) < 4.78 is 0. The molecule has 1 amide bonds. The number of aryl methyl sites for hydroxylation is 2. The molecule has 6 nitrogen and oxygen atoms in total. The predicted octanol–water partition coefficient (Wildman–Crippen LogP) is 0.901. The highest BCUT2D eigenvalue weighted by molar-refractivity contribution is 7.11. The normalized spacial score (nSPS) is 19.7. The lowest BCUT2D eigenvalue weighted by atomic mass is 10.1. The molecule has 0 bridgehead atoms. The summed E-state index contributed by atoms with van der Waals surface area (Å²) in [5, 5.41) is 7.38. The Kier molecular flexibility index (Phi) is 3.67. The van der Waals surface area contributed by atoms with Crippen LogP contribution in [0.15, 0.2) is 6.33 Å². The van der Waals surface area contributed by atoms with Crippen LogP contribution >= 0.6 is 11.3 Å². The van der Waals surface area contributed by atoms with E-state index >= 15 is 0 Å². The molecule has 1 atom stereocenters. The summed E-state index contributed by atoms with van der Waals surface area (Å²) in [5.41, 5.74) is 3.17. The van der Waals surface area contributed by atoms with Gasteiger partial charge in [0, 0.05) is 36.5 Å². The van der Waals surface area contributed by atoms with E-state index in [-0.39, 0.29) is 11.9 Å². The number of hydrogen-bond acceptors (Lipinski definition) is 5. The van der Waals surface area contributed by atoms with Crippen molar-refractivity contribution in [3.63, 3.8) is 0 Å². The second-order valence-electron chi connectivity index (χ2n) is 5.78. The monoisotopic (exact) mass is 317 g/mol. The average molecular weight is 317 g/mol. The van der Waals surface area contributed by atoms with Gasteiger partial charge in [-0.3, -0.25) is 4.79 Å². The van der Waals surface area contributed by atoms with Gasteiger partial charge in [-0.25, -0.2) is 9.97 Å². The average Bonchev–Trinajstić information content (AvgIpc) is 3.21. The van der Waals surface area contributed by atoms with Crippen LogP contribution in [0.25, 0.3) is 0 Å². The lowest BCUT2D eigenvalue weighted by molar-refractivity contribution is -0.123. The fourth-order valence-corrected chi connectivity index (χ4v) is 4.34. The molecule has 116 valence electrons. The van der Waals surface area contributed by atoms with Crippen molar-refractivity contribution in [2.75, 3.05) is 13.1 Å². The predicted molar refractivity (Wildman–Crippen MR) is 83.9 cm³/mol. The molecule has 0 fully saturated rings. The van der Waals surface area contributed by atoms with Gasteiger partial charge in [0.1, 0.15) is 6.04 Å². The summed E-state index contributed by atoms with van der Waals surface area (Å²) in [4.78, 5) is 25.8. The summed E-state index contributed by atoms with van der Waals surface area (Å²) in [6, 6.07) is -0.337. The van der Waals surface area contributed by atoms with Gasteiger partial charge in [0.2, 0.25) is 5.91 Å². The number of nitrogens with zero attached hydrogens (tertiary/aromatic N) is 2. The number of H-pyrrole nitrogens is 1. The molecule has 22 heavy (non-hydrogen) atoms. The summed E-state index contributed by atoms with van der Waals surface area (Å²) >= 11 is 1.80. The molecule has 0 spiro atoms. The van der Waals surface area contributed by atoms with Crippen LogP contribution in [0.1, 0.15) is 39.4 Å². The van der Waals surface area contributed by atoms with Crippen molar-refractivity contribution in [1.29, 1.82) is 0 Å². The number of aromatic nitrogens is 3. The Morgan fingerprint density at radius 3 is 3.27 bits per heavy atom. The van der Waals surface area contributed by atoms with Crippen LogP contribution in [0.3, 0.4) is 0 Å². The topological polar surface area (TPSA) is 82.7 Å². The van der Waals surface area contributed by atoms with Gasteiger partial charge in [-0.2, -0.15) is 0 Å². The van der Waals surface area contributed by atoms with Crippen molar-refractivity contribution in [3.8, 4) is 0 Å². The lowest BCUT2D eigenvalue weighted by Gasteiger charge is -2.22. The molecule has 0 aromatic carbocycles. The van der Waals surface area contributed by atoms with E-state index in [0.717, 1.165) is 42.2 Å². The zero-order valence-electron chi connectivity index (χ0n) is 12.3. The lowest BCUT2D eigenvalue weighted by Crippen LogP contribution is -2.42. The zero-order chi connectivity index (χ0) is 14.9. The molecule has 1 aliphatic carbocycles. The number of fused-ring (bicyclic) bond motifs is 2. The molecular weight excluding hydrogens is 298 g/mol. The van der Waals surface area contributed by atoms with Crippen LogP contribution in [-0.4, -0.2) is 33.9 Å². The second kappa shape index (κ2) is 5.81. The van der Waals surface area contributed by atoms with Crippen molar-refractivity contribution < 1.29 is 4.79 Å². The molecule has 2 aromatic rings. The SMILES string of the molecule is O=C(NCCc1nc2c(s1)CCC2)C1NCCc2[nH]cnc21. The Balaban J connectivity index is 1.33. The van der Waals surface area contributed by atoms with E-state index in [4.69, 9.17) is 0 Å². The van der Waals surface area contributed by atoms with Crippen LogP contribution in [-0.2, 0) is 30.5 Å². The van der Waals surface area contributed by atoms with Gasteiger partial charge >= 0.3 is 0 Å². The number of thiazole rings is 1. The van der Waals surface area contributed by atoms with Gasteiger partial charge in [-0.1, -0.05) is 0 Å². The molecule has 0 radical (unpaired) electrons. The van der Waals surface area contributed by atoms with E-state index in [9.17, 15) is 4.79 Å². The van der Waals surface area contributed by atoms with Gasteiger partial charge in [-0.15, -0.1) is 11.3 Å². The third-order valence-electron chi connectivity index (χ3n) is 4.29. The quantitative estimate of drug-likeness (QED) is 0.782. The Morgan fingerprint density at radius 2 is 2.36 bits per heavy atom. The maximum absolute atomic E-state index is 12.3. The summed E-state index contributed by atoms with van der Waals surface area (Å²) in [7, 11) is 0. The zero-order valence-corrected chi connectivity index (χ0v) is 13.1. The van der Waals surface area contributed by atoms with Crippen molar-refractivity contribution in [2.45, 2.75) is 38.1 Å². The highest BCUT2D eigenvalue weighted by Crippen LogP contribution is 2.27. The van der Waals surface area contributed by atoms with E-state index in [1.165, 1.54) is 23.4 Å². The third kappa shape index (κ3) is 2.55. The fourth-order valence-electron chi connectivity index (χ4n) is 3.18. The number of carbonyl (C=O) groups is 1. The van der Waals surface area contributed by atoms with Crippen molar-refractivity contribution >= 4 is 17.2 Å². The Labute approximate surface area is 132 Å². The first kappa shape index (κ1) is 13.9. The van der Waals surface area contributed by atoms with Crippen molar-refractivity contribution in [2.24, 2.45) is 0 Å². The second-order valence-corrected chi connectivity index (χ2v) is 6.94. The molecule has 3 N–H and O–H groups in total. The highest BCUT2D eigenvalue weighted by atomic mass is 32.1. The molecular formula is C15H19N5OS. The first-order valence-corrected chi connectivity index (χ1v) is 8.63. The molecule has 7 heteroatoms. The molecule has 1 aliphatic heterocycles. The summed E-state index contributed by atoms with van der Waals surface area (Å²) in [5.74, 6) is -0.00264. The summed E-state index contributed by atoms with van der Waals surface area (Å²) in [6.07, 6.45) is 6.90. The number of hydrogen-bond donors (Lipinski definition) is 3. The van der Waals surface area contributed by atoms with Gasteiger partial charge in [0.25, 0.3) is 0 Å². The highest BCUT2D eigenvalue weighted by Gasteiger charge is 2.28. The number of amides is 1. The Bertz CT molecular complexity index is 670. The molecule has 0 saturated carbocycles. The Hall–Kier alpha value is -1.73. The minimum Gasteiger partial charge on any atom is -0.354 e. The van der Waals surface area contributed by atoms with E-state index in [1.807, 2.05) is 0 Å². The van der Waals surface area contributed by atoms with Gasteiger partial charge in [0.15, 0.2) is 0 Å². The third-order valence-corrected chi connectivity index (χ3v) is 5.51. The van der Waals surface area contributed by atoms with E-state index in [2.05, 4.69) is 25.6 Å². The minimum atomic E-state index is -0.337. The standard InChI is InChI=1S/C15H19N5OS/c21-15(14-13-10(4-6-16-14)18-8-19-13)17-7-5-12-20-9-2-1-3-11(9)22-12/h8,14,16H,1-7H2,(H,17,21)(H,18,19).